The smallest absolute Gasteiger partial charge is 0.239 e. The molecule has 4 heterocycles. The topological polar surface area (TPSA) is 108 Å². The minimum atomic E-state index is -0.109. The number of piperidine rings is 1. The van der Waals surface area contributed by atoms with E-state index in [9.17, 15) is 4.79 Å². The first kappa shape index (κ1) is 29.5. The van der Waals surface area contributed by atoms with Gasteiger partial charge in [0.15, 0.2) is 5.82 Å². The number of anilines is 3. The maximum absolute atomic E-state index is 13.1. The summed E-state index contributed by atoms with van der Waals surface area (Å²) in [7, 11) is 0. The molecule has 0 saturated carbocycles. The number of benzene rings is 1. The number of hydrogen-bond donors (Lipinski definition) is 2. The third-order valence-electron chi connectivity index (χ3n) is 7.34. The molecule has 2 aromatic heterocycles. The van der Waals surface area contributed by atoms with E-state index in [2.05, 4.69) is 79.8 Å². The van der Waals surface area contributed by atoms with Crippen LogP contribution in [0.1, 0.15) is 52.0 Å². The number of nitrogens with one attached hydrogen (secondary N) is 2. The van der Waals surface area contributed by atoms with Crippen LogP contribution in [-0.4, -0.2) is 80.0 Å². The first-order valence-electron chi connectivity index (χ1n) is 14.5. The molecule has 0 aliphatic carbocycles. The minimum Gasteiger partial charge on any atom is -0.491 e. The van der Waals surface area contributed by atoms with Crippen molar-refractivity contribution in [3.63, 3.8) is 0 Å². The molecular formula is C29H40N8O2S2. The van der Waals surface area contributed by atoms with Crippen LogP contribution in [0.15, 0.2) is 42.6 Å². The normalized spacial score (nSPS) is 18.9. The van der Waals surface area contributed by atoms with E-state index in [-0.39, 0.29) is 23.3 Å². The van der Waals surface area contributed by atoms with Gasteiger partial charge in [-0.2, -0.15) is 5.10 Å². The first-order valence-corrected chi connectivity index (χ1v) is 16.3. The summed E-state index contributed by atoms with van der Waals surface area (Å²) in [5.41, 5.74) is 1.24. The van der Waals surface area contributed by atoms with Crippen LogP contribution >= 0.6 is 23.1 Å². The Kier molecular flexibility index (Phi) is 10.3. The van der Waals surface area contributed by atoms with Crippen LogP contribution in [0.5, 0.6) is 5.75 Å². The van der Waals surface area contributed by atoms with Crippen molar-refractivity contribution in [3.8, 4) is 5.75 Å². The second-order valence-corrected chi connectivity index (χ2v) is 13.3. The van der Waals surface area contributed by atoms with Crippen molar-refractivity contribution >= 4 is 45.1 Å². The highest BCUT2D eigenvalue weighted by Crippen LogP contribution is 2.32. The lowest BCUT2D eigenvalue weighted by molar-refractivity contribution is -0.115. The quantitative estimate of drug-likeness (QED) is 0.299. The van der Waals surface area contributed by atoms with Crippen molar-refractivity contribution in [2.75, 3.05) is 41.7 Å². The second kappa shape index (κ2) is 14.3. The van der Waals surface area contributed by atoms with E-state index in [0.717, 1.165) is 75.1 Å². The third kappa shape index (κ3) is 8.30. The van der Waals surface area contributed by atoms with Gasteiger partial charge >= 0.3 is 0 Å². The van der Waals surface area contributed by atoms with Gasteiger partial charge in [0.2, 0.25) is 16.2 Å². The zero-order valence-electron chi connectivity index (χ0n) is 24.0. The summed E-state index contributed by atoms with van der Waals surface area (Å²) in [5.74, 6) is 1.87. The third-order valence-corrected chi connectivity index (χ3v) is 9.84. The Morgan fingerprint density at radius 1 is 1.07 bits per heavy atom. The van der Waals surface area contributed by atoms with Gasteiger partial charge in [-0.15, -0.1) is 27.1 Å². The van der Waals surface area contributed by atoms with Crippen LogP contribution in [0.2, 0.25) is 0 Å². The van der Waals surface area contributed by atoms with Crippen molar-refractivity contribution in [1.82, 2.24) is 25.3 Å². The standard InChI is InChI=1S/C29H40N8O2S2/c1-4-25(40-23-12-15-36(16-13-23)18-21-8-5-6-9-24(21)39-20(2)3)27(38)32-29-35-34-28(41-29)31-22-11-17-37(19-22)26-10-7-14-30-33-26/h5-10,14,20,22-23,25H,4,11-13,15-19H2,1-3H3,(H,31,34)(H,32,35,38)/t22-,25?/m1/s1. The Bertz CT molecular complexity index is 1250. The average molecular weight is 597 g/mol. The summed E-state index contributed by atoms with van der Waals surface area (Å²) in [6.07, 6.45) is 5.74. The molecule has 220 valence electrons. The molecule has 12 heteroatoms. The van der Waals surface area contributed by atoms with Gasteiger partial charge < -0.3 is 15.0 Å². The fourth-order valence-corrected chi connectivity index (χ4v) is 7.31. The van der Waals surface area contributed by atoms with Crippen molar-refractivity contribution in [2.24, 2.45) is 0 Å². The molecule has 10 nitrogen and oxygen atoms in total. The zero-order chi connectivity index (χ0) is 28.6. The molecule has 2 atom stereocenters. The van der Waals surface area contributed by atoms with E-state index in [4.69, 9.17) is 4.74 Å². The van der Waals surface area contributed by atoms with E-state index < -0.39 is 0 Å². The first-order chi connectivity index (χ1) is 20.0. The minimum absolute atomic E-state index is 0.0112. The number of amides is 1. The number of carbonyl (C=O) groups excluding carboxylic acids is 1. The maximum Gasteiger partial charge on any atom is 0.239 e. The highest BCUT2D eigenvalue weighted by molar-refractivity contribution is 8.01. The number of nitrogens with zero attached hydrogens (tertiary/aromatic N) is 6. The SMILES string of the molecule is CCC(SC1CCN(Cc2ccccc2OC(C)C)CC1)C(=O)Nc1nnc(N[C@@H]2CCN(c3cccnn3)C2)s1. The van der Waals surface area contributed by atoms with E-state index >= 15 is 0 Å². The van der Waals surface area contributed by atoms with E-state index in [1.54, 1.807) is 18.0 Å². The largest absolute Gasteiger partial charge is 0.491 e. The second-order valence-electron chi connectivity index (χ2n) is 10.8. The molecule has 2 aliphatic rings. The molecule has 1 amide bonds. The van der Waals surface area contributed by atoms with Crippen molar-refractivity contribution in [1.29, 1.82) is 0 Å². The van der Waals surface area contributed by atoms with Crippen LogP contribution < -0.4 is 20.3 Å². The molecule has 2 N–H and O–H groups in total. The van der Waals surface area contributed by atoms with E-state index in [1.807, 2.05) is 18.2 Å². The summed E-state index contributed by atoms with van der Waals surface area (Å²) >= 11 is 3.19. The number of para-hydroxylation sites is 1. The average Bonchev–Trinajstić information content (AvgIpc) is 3.63. The van der Waals surface area contributed by atoms with Gasteiger partial charge in [0.05, 0.1) is 11.4 Å². The zero-order valence-corrected chi connectivity index (χ0v) is 25.7. The summed E-state index contributed by atoms with van der Waals surface area (Å²) in [6.45, 7) is 10.9. The molecule has 2 saturated heterocycles. The number of ether oxygens (including phenoxy) is 1. The molecule has 0 spiro atoms. The monoisotopic (exact) mass is 596 g/mol. The summed E-state index contributed by atoms with van der Waals surface area (Å²) in [6, 6.07) is 12.5. The Balaban J connectivity index is 1.06. The summed E-state index contributed by atoms with van der Waals surface area (Å²) in [5, 5.41) is 24.8. The highest BCUT2D eigenvalue weighted by Gasteiger charge is 2.28. The van der Waals surface area contributed by atoms with Crippen LogP contribution in [-0.2, 0) is 11.3 Å². The fraction of sp³-hybridized carbons (Fsp3) is 0.552. The lowest BCUT2D eigenvalue weighted by atomic mass is 10.1. The van der Waals surface area contributed by atoms with Gasteiger partial charge in [-0.3, -0.25) is 15.0 Å². The van der Waals surface area contributed by atoms with Crippen molar-refractivity contribution in [2.45, 2.75) is 75.6 Å². The molecule has 2 fully saturated rings. The predicted octanol–water partition coefficient (Wildman–Crippen LogP) is 4.92. The Labute approximate surface area is 250 Å². The molecule has 0 radical (unpaired) electrons. The van der Waals surface area contributed by atoms with Crippen molar-refractivity contribution in [3.05, 3.63) is 48.2 Å². The molecule has 1 unspecified atom stereocenters. The van der Waals surface area contributed by atoms with E-state index in [1.165, 1.54) is 16.9 Å². The van der Waals surface area contributed by atoms with Crippen molar-refractivity contribution < 1.29 is 9.53 Å². The fourth-order valence-electron chi connectivity index (χ4n) is 5.26. The van der Waals surface area contributed by atoms with Gasteiger partial charge in [0.1, 0.15) is 5.75 Å². The number of rotatable bonds is 12. The Morgan fingerprint density at radius 2 is 1.88 bits per heavy atom. The Morgan fingerprint density at radius 3 is 2.63 bits per heavy atom. The number of aromatic nitrogens is 4. The van der Waals surface area contributed by atoms with Crippen LogP contribution in [0.3, 0.4) is 0 Å². The molecule has 3 aromatic rings. The maximum atomic E-state index is 13.1. The lowest BCUT2D eigenvalue weighted by Gasteiger charge is -2.33. The molecule has 5 rings (SSSR count). The number of carbonyl (C=O) groups is 1. The van der Waals surface area contributed by atoms with Crippen LogP contribution in [0.4, 0.5) is 16.1 Å². The molecule has 0 bridgehead atoms. The van der Waals surface area contributed by atoms with Gasteiger partial charge in [-0.05, 0) is 70.8 Å². The van der Waals surface area contributed by atoms with Crippen LogP contribution in [0.25, 0.3) is 0 Å². The Hall–Kier alpha value is -2.96. The molecule has 1 aromatic carbocycles. The predicted molar refractivity (Wildman–Crippen MR) is 167 cm³/mol. The molecule has 2 aliphatic heterocycles. The number of hydrogen-bond acceptors (Lipinski definition) is 11. The highest BCUT2D eigenvalue weighted by atomic mass is 32.2. The molecule has 41 heavy (non-hydrogen) atoms. The van der Waals surface area contributed by atoms with Gasteiger partial charge in [0.25, 0.3) is 0 Å². The van der Waals surface area contributed by atoms with Gasteiger partial charge in [0, 0.05) is 42.7 Å². The number of likely N-dealkylation sites (tertiary alicyclic amines) is 1. The summed E-state index contributed by atoms with van der Waals surface area (Å²) in [4.78, 5) is 17.8. The molecular weight excluding hydrogens is 557 g/mol. The van der Waals surface area contributed by atoms with Gasteiger partial charge in [-0.1, -0.05) is 36.5 Å². The number of thioether (sulfide) groups is 1. The van der Waals surface area contributed by atoms with Crippen LogP contribution in [0, 0.1) is 0 Å². The lowest BCUT2D eigenvalue weighted by Crippen LogP contribution is -2.36. The van der Waals surface area contributed by atoms with E-state index in [0.29, 0.717) is 10.4 Å². The summed E-state index contributed by atoms with van der Waals surface area (Å²) < 4.78 is 6.01. The van der Waals surface area contributed by atoms with Gasteiger partial charge in [-0.25, -0.2) is 0 Å².